The maximum absolute atomic E-state index is 6.36. The predicted octanol–water partition coefficient (Wildman–Crippen LogP) is 2.87. The molecular formula is C13H16N2S. The first-order valence-electron chi connectivity index (χ1n) is 5.31. The van der Waals surface area contributed by atoms with E-state index in [4.69, 9.17) is 5.73 Å². The van der Waals surface area contributed by atoms with Gasteiger partial charge in [-0.2, -0.15) is 0 Å². The monoisotopic (exact) mass is 232 g/mol. The highest BCUT2D eigenvalue weighted by atomic mass is 32.1. The van der Waals surface area contributed by atoms with Gasteiger partial charge >= 0.3 is 0 Å². The van der Waals surface area contributed by atoms with E-state index in [0.29, 0.717) is 0 Å². The maximum Gasteiger partial charge on any atom is 0.0794 e. The minimum atomic E-state index is -0.319. The van der Waals surface area contributed by atoms with Crippen molar-refractivity contribution in [2.45, 2.75) is 25.8 Å². The van der Waals surface area contributed by atoms with E-state index in [2.05, 4.69) is 43.1 Å². The van der Waals surface area contributed by atoms with Gasteiger partial charge in [0.2, 0.25) is 0 Å². The number of aryl methyl sites for hydroxylation is 1. The Labute approximate surface area is 100 Å². The second-order valence-corrected chi connectivity index (χ2v) is 5.40. The highest BCUT2D eigenvalue weighted by molar-refractivity contribution is 7.09. The number of hydrogen-bond donors (Lipinski definition) is 1. The first-order valence-corrected chi connectivity index (χ1v) is 6.19. The van der Waals surface area contributed by atoms with E-state index in [0.717, 1.165) is 6.42 Å². The molecule has 0 aliphatic carbocycles. The van der Waals surface area contributed by atoms with Crippen molar-refractivity contribution in [3.8, 4) is 0 Å². The summed E-state index contributed by atoms with van der Waals surface area (Å²) in [6.07, 6.45) is 2.73. The molecule has 16 heavy (non-hydrogen) atoms. The van der Waals surface area contributed by atoms with E-state index in [1.807, 2.05) is 11.7 Å². The highest BCUT2D eigenvalue weighted by Gasteiger charge is 2.22. The summed E-state index contributed by atoms with van der Waals surface area (Å²) in [7, 11) is 0. The highest BCUT2D eigenvalue weighted by Crippen LogP contribution is 2.24. The van der Waals surface area contributed by atoms with Crippen LogP contribution in [-0.4, -0.2) is 4.98 Å². The Bertz CT molecular complexity index is 443. The second-order valence-electron chi connectivity index (χ2n) is 4.43. The lowest BCUT2D eigenvalue weighted by Crippen LogP contribution is -2.35. The third-order valence-corrected chi connectivity index (χ3v) is 3.52. The average Bonchev–Trinajstić information content (AvgIpc) is 2.70. The molecule has 84 valence electrons. The largest absolute Gasteiger partial charge is 0.321 e. The minimum Gasteiger partial charge on any atom is -0.321 e. The molecule has 3 heteroatoms. The standard InChI is InChI=1S/C13H16N2S/c1-10-3-5-11(6-4-10)13(2,14)7-12-8-15-9-16-12/h3-6,8-9H,7,14H2,1-2H3. The summed E-state index contributed by atoms with van der Waals surface area (Å²) in [5.74, 6) is 0. The van der Waals surface area contributed by atoms with Gasteiger partial charge < -0.3 is 5.73 Å². The summed E-state index contributed by atoms with van der Waals surface area (Å²) in [6.45, 7) is 4.15. The van der Waals surface area contributed by atoms with Crippen molar-refractivity contribution in [1.82, 2.24) is 4.98 Å². The van der Waals surface area contributed by atoms with Gasteiger partial charge in [0.15, 0.2) is 0 Å². The van der Waals surface area contributed by atoms with Crippen LogP contribution in [0.15, 0.2) is 36.0 Å². The molecule has 2 rings (SSSR count). The van der Waals surface area contributed by atoms with E-state index in [1.54, 1.807) is 11.3 Å². The molecule has 0 radical (unpaired) electrons. The van der Waals surface area contributed by atoms with Crippen molar-refractivity contribution in [3.05, 3.63) is 52.0 Å². The first kappa shape index (κ1) is 11.3. The van der Waals surface area contributed by atoms with Crippen LogP contribution in [-0.2, 0) is 12.0 Å². The van der Waals surface area contributed by atoms with Crippen molar-refractivity contribution >= 4 is 11.3 Å². The number of benzene rings is 1. The fourth-order valence-corrected chi connectivity index (χ4v) is 2.49. The number of nitrogens with zero attached hydrogens (tertiary/aromatic N) is 1. The third kappa shape index (κ3) is 2.49. The van der Waals surface area contributed by atoms with Crippen molar-refractivity contribution in [3.63, 3.8) is 0 Å². The average molecular weight is 232 g/mol. The Balaban J connectivity index is 2.21. The van der Waals surface area contributed by atoms with Gasteiger partial charge in [0.05, 0.1) is 5.51 Å². The van der Waals surface area contributed by atoms with Crippen LogP contribution in [0.25, 0.3) is 0 Å². The Kier molecular flexibility index (Phi) is 3.08. The number of nitrogens with two attached hydrogens (primary N) is 1. The summed E-state index contributed by atoms with van der Waals surface area (Å²) in [4.78, 5) is 5.30. The predicted molar refractivity (Wildman–Crippen MR) is 68.5 cm³/mol. The summed E-state index contributed by atoms with van der Waals surface area (Å²) in [5.41, 5.74) is 10.3. The molecule has 0 aliphatic rings. The molecule has 0 amide bonds. The molecule has 2 aromatic rings. The molecule has 0 saturated heterocycles. The molecule has 1 atom stereocenters. The van der Waals surface area contributed by atoms with E-state index >= 15 is 0 Å². The van der Waals surface area contributed by atoms with Gasteiger partial charge in [-0.05, 0) is 19.4 Å². The number of aromatic nitrogens is 1. The Morgan fingerprint density at radius 2 is 2.00 bits per heavy atom. The normalized spacial score (nSPS) is 14.7. The van der Waals surface area contributed by atoms with Gasteiger partial charge in [0.25, 0.3) is 0 Å². The Morgan fingerprint density at radius 1 is 1.31 bits per heavy atom. The van der Waals surface area contributed by atoms with Gasteiger partial charge in [-0.3, -0.25) is 4.98 Å². The molecule has 2 nitrogen and oxygen atoms in total. The van der Waals surface area contributed by atoms with Crippen LogP contribution in [0.2, 0.25) is 0 Å². The molecule has 0 spiro atoms. The van der Waals surface area contributed by atoms with E-state index < -0.39 is 0 Å². The summed E-state index contributed by atoms with van der Waals surface area (Å²) < 4.78 is 0. The quantitative estimate of drug-likeness (QED) is 0.883. The zero-order chi connectivity index (χ0) is 11.6. The molecule has 2 N–H and O–H groups in total. The minimum absolute atomic E-state index is 0.319. The lowest BCUT2D eigenvalue weighted by molar-refractivity contribution is 0.495. The van der Waals surface area contributed by atoms with Gasteiger partial charge in [0.1, 0.15) is 0 Å². The summed E-state index contributed by atoms with van der Waals surface area (Å²) in [5, 5.41) is 0. The van der Waals surface area contributed by atoms with Gasteiger partial charge in [-0.25, -0.2) is 0 Å². The smallest absolute Gasteiger partial charge is 0.0794 e. The van der Waals surface area contributed by atoms with Crippen LogP contribution in [0.5, 0.6) is 0 Å². The number of thiazole rings is 1. The van der Waals surface area contributed by atoms with Gasteiger partial charge in [0, 0.05) is 23.0 Å². The van der Waals surface area contributed by atoms with Crippen molar-refractivity contribution in [2.24, 2.45) is 5.73 Å². The van der Waals surface area contributed by atoms with Crippen LogP contribution in [0.1, 0.15) is 22.9 Å². The van der Waals surface area contributed by atoms with E-state index in [-0.39, 0.29) is 5.54 Å². The zero-order valence-corrected chi connectivity index (χ0v) is 10.4. The fourth-order valence-electron chi connectivity index (χ4n) is 1.73. The zero-order valence-electron chi connectivity index (χ0n) is 9.60. The Morgan fingerprint density at radius 3 is 2.56 bits per heavy atom. The molecule has 0 bridgehead atoms. The van der Waals surface area contributed by atoms with Crippen LogP contribution in [0, 0.1) is 6.92 Å². The van der Waals surface area contributed by atoms with Gasteiger partial charge in [-0.1, -0.05) is 29.8 Å². The molecule has 0 aliphatic heterocycles. The molecule has 1 heterocycles. The first-order chi connectivity index (χ1) is 7.58. The molecule has 0 saturated carbocycles. The van der Waals surface area contributed by atoms with Crippen LogP contribution in [0.4, 0.5) is 0 Å². The Hall–Kier alpha value is -1.19. The van der Waals surface area contributed by atoms with E-state index in [1.165, 1.54) is 16.0 Å². The lowest BCUT2D eigenvalue weighted by Gasteiger charge is -2.24. The maximum atomic E-state index is 6.36. The fraction of sp³-hybridized carbons (Fsp3) is 0.308. The topological polar surface area (TPSA) is 38.9 Å². The number of rotatable bonds is 3. The van der Waals surface area contributed by atoms with Crippen LogP contribution in [0.3, 0.4) is 0 Å². The van der Waals surface area contributed by atoms with Crippen LogP contribution < -0.4 is 5.73 Å². The van der Waals surface area contributed by atoms with Crippen molar-refractivity contribution in [2.75, 3.05) is 0 Å². The number of hydrogen-bond acceptors (Lipinski definition) is 3. The summed E-state index contributed by atoms with van der Waals surface area (Å²) in [6, 6.07) is 8.42. The molecule has 1 unspecified atom stereocenters. The third-order valence-electron chi connectivity index (χ3n) is 2.74. The van der Waals surface area contributed by atoms with Crippen molar-refractivity contribution in [1.29, 1.82) is 0 Å². The molecule has 1 aromatic carbocycles. The molecule has 1 aromatic heterocycles. The van der Waals surface area contributed by atoms with Gasteiger partial charge in [-0.15, -0.1) is 11.3 Å². The van der Waals surface area contributed by atoms with E-state index in [9.17, 15) is 0 Å². The SMILES string of the molecule is Cc1ccc(C(C)(N)Cc2cncs2)cc1. The summed E-state index contributed by atoms with van der Waals surface area (Å²) >= 11 is 1.66. The van der Waals surface area contributed by atoms with Crippen LogP contribution >= 0.6 is 11.3 Å². The second kappa shape index (κ2) is 4.36. The molecular weight excluding hydrogens is 216 g/mol. The lowest BCUT2D eigenvalue weighted by atomic mass is 9.89. The molecule has 0 fully saturated rings. The van der Waals surface area contributed by atoms with Crippen molar-refractivity contribution < 1.29 is 0 Å².